The summed E-state index contributed by atoms with van der Waals surface area (Å²) < 4.78 is 6.91. The minimum Gasteiger partial charge on any atom is -0.483 e. The summed E-state index contributed by atoms with van der Waals surface area (Å²) >= 11 is 10.6. The molecule has 0 unspecified atom stereocenters. The number of nitrogens with zero attached hydrogens (tertiary/aromatic N) is 1. The summed E-state index contributed by atoms with van der Waals surface area (Å²) in [5, 5.41) is 0. The molecule has 1 aromatic heterocycles. The summed E-state index contributed by atoms with van der Waals surface area (Å²) in [6.45, 7) is 0.346. The molecule has 0 saturated carbocycles. The summed E-state index contributed by atoms with van der Waals surface area (Å²) in [7, 11) is 1.70. The van der Waals surface area contributed by atoms with Gasteiger partial charge in [-0.2, -0.15) is 0 Å². The molecule has 2 aromatic rings. The zero-order valence-corrected chi connectivity index (χ0v) is 14.9. The van der Waals surface area contributed by atoms with Gasteiger partial charge in [-0.25, -0.2) is 0 Å². The number of hydrogen-bond donors (Lipinski definition) is 0. The Kier molecular flexibility index (Phi) is 5.99. The van der Waals surface area contributed by atoms with Gasteiger partial charge in [0.2, 0.25) is 0 Å². The van der Waals surface area contributed by atoms with Crippen LogP contribution in [0.5, 0.6) is 5.75 Å². The highest BCUT2D eigenvalue weighted by molar-refractivity contribution is 9.10. The van der Waals surface area contributed by atoms with Crippen LogP contribution in [0.2, 0.25) is 4.34 Å². The molecule has 2 rings (SSSR count). The van der Waals surface area contributed by atoms with E-state index >= 15 is 0 Å². The Hall–Kier alpha value is -1.37. The second-order valence-corrected chi connectivity index (χ2v) is 7.26. The molecule has 0 aliphatic rings. The first-order valence-electron chi connectivity index (χ1n) is 6.35. The van der Waals surface area contributed by atoms with Crippen molar-refractivity contribution < 1.29 is 14.3 Å². The Balaban J connectivity index is 1.93. The second-order valence-electron chi connectivity index (χ2n) is 4.54. The number of aldehydes is 1. The first kappa shape index (κ1) is 17.0. The van der Waals surface area contributed by atoms with Crippen molar-refractivity contribution in [3.05, 3.63) is 49.6 Å². The number of carbonyl (C=O) groups excluding carboxylic acids is 2. The molecule has 7 heteroatoms. The van der Waals surface area contributed by atoms with Gasteiger partial charge in [-0.3, -0.25) is 9.59 Å². The number of rotatable bonds is 6. The zero-order chi connectivity index (χ0) is 16.1. The molecular weight excluding hydrogens is 390 g/mol. The molecule has 0 saturated heterocycles. The van der Waals surface area contributed by atoms with Crippen molar-refractivity contribution in [1.29, 1.82) is 0 Å². The first-order chi connectivity index (χ1) is 10.5. The smallest absolute Gasteiger partial charge is 0.260 e. The molecule has 0 aliphatic carbocycles. The number of ether oxygens (including phenoxy) is 1. The lowest BCUT2D eigenvalue weighted by molar-refractivity contribution is -0.132. The van der Waals surface area contributed by atoms with E-state index in [2.05, 4.69) is 15.9 Å². The molecule has 1 amide bonds. The highest BCUT2D eigenvalue weighted by Crippen LogP contribution is 2.23. The molecule has 4 nitrogen and oxygen atoms in total. The predicted molar refractivity (Wildman–Crippen MR) is 90.8 cm³/mol. The van der Waals surface area contributed by atoms with Crippen LogP contribution in [0.3, 0.4) is 0 Å². The first-order valence-corrected chi connectivity index (χ1v) is 8.34. The lowest BCUT2D eigenvalue weighted by atomic mass is 10.2. The Morgan fingerprint density at radius 2 is 2.18 bits per heavy atom. The predicted octanol–water partition coefficient (Wildman–Crippen LogP) is 4.01. The highest BCUT2D eigenvalue weighted by Gasteiger charge is 2.13. The van der Waals surface area contributed by atoms with E-state index in [4.69, 9.17) is 16.3 Å². The fraction of sp³-hybridized carbons (Fsp3) is 0.200. The third-order valence-corrected chi connectivity index (χ3v) is 4.61. The molecular formula is C15H13BrClNO3S. The Morgan fingerprint density at radius 3 is 2.82 bits per heavy atom. The van der Waals surface area contributed by atoms with Crippen LogP contribution >= 0.6 is 38.9 Å². The Bertz CT molecular complexity index is 689. The average Bonchev–Trinajstić information content (AvgIpc) is 2.90. The summed E-state index contributed by atoms with van der Waals surface area (Å²) in [5.74, 6) is 0.211. The van der Waals surface area contributed by atoms with Gasteiger partial charge in [0.25, 0.3) is 5.91 Å². The van der Waals surface area contributed by atoms with Crippen LogP contribution in [0.25, 0.3) is 0 Å². The molecule has 22 heavy (non-hydrogen) atoms. The van der Waals surface area contributed by atoms with Crippen molar-refractivity contribution in [2.24, 2.45) is 0 Å². The summed E-state index contributed by atoms with van der Waals surface area (Å²) in [4.78, 5) is 25.6. The number of benzene rings is 1. The normalized spacial score (nSPS) is 10.3. The fourth-order valence-corrected chi connectivity index (χ4v) is 3.27. The fourth-order valence-electron chi connectivity index (χ4n) is 1.75. The van der Waals surface area contributed by atoms with Gasteiger partial charge in [0.1, 0.15) is 5.75 Å². The van der Waals surface area contributed by atoms with Crippen molar-refractivity contribution in [3.8, 4) is 5.75 Å². The van der Waals surface area contributed by atoms with E-state index in [1.165, 1.54) is 11.3 Å². The van der Waals surface area contributed by atoms with Crippen LogP contribution in [-0.4, -0.2) is 30.7 Å². The molecule has 1 aromatic carbocycles. The molecule has 0 N–H and O–H groups in total. The largest absolute Gasteiger partial charge is 0.483 e. The number of hydrogen-bond acceptors (Lipinski definition) is 4. The summed E-state index contributed by atoms with van der Waals surface area (Å²) in [6, 6.07) is 8.74. The Labute approximate surface area is 145 Å². The number of halogens is 2. The maximum absolute atomic E-state index is 12.1. The molecule has 0 aliphatic heterocycles. The van der Waals surface area contributed by atoms with Crippen molar-refractivity contribution in [3.63, 3.8) is 0 Å². The topological polar surface area (TPSA) is 46.6 Å². The van der Waals surface area contributed by atoms with E-state index < -0.39 is 0 Å². The zero-order valence-electron chi connectivity index (χ0n) is 11.7. The van der Waals surface area contributed by atoms with Gasteiger partial charge in [0, 0.05) is 16.4 Å². The van der Waals surface area contributed by atoms with Gasteiger partial charge in [-0.15, -0.1) is 11.3 Å². The molecule has 0 atom stereocenters. The highest BCUT2D eigenvalue weighted by atomic mass is 79.9. The van der Waals surface area contributed by atoms with Crippen LogP contribution in [0.15, 0.2) is 34.8 Å². The van der Waals surface area contributed by atoms with Gasteiger partial charge in [0.05, 0.1) is 16.4 Å². The van der Waals surface area contributed by atoms with Gasteiger partial charge in [0.15, 0.2) is 12.9 Å². The minimum atomic E-state index is -0.177. The van der Waals surface area contributed by atoms with E-state index in [0.717, 1.165) is 9.35 Å². The molecule has 1 heterocycles. The van der Waals surface area contributed by atoms with Crippen LogP contribution in [0.1, 0.15) is 15.2 Å². The van der Waals surface area contributed by atoms with E-state index in [1.54, 1.807) is 36.2 Å². The number of thiophene rings is 1. The summed E-state index contributed by atoms with van der Waals surface area (Å²) in [6.07, 6.45) is 0.696. The van der Waals surface area contributed by atoms with Gasteiger partial charge >= 0.3 is 0 Å². The lowest BCUT2D eigenvalue weighted by Crippen LogP contribution is -2.30. The molecule has 0 fully saturated rings. The van der Waals surface area contributed by atoms with Crippen LogP contribution in [0.4, 0.5) is 0 Å². The van der Waals surface area contributed by atoms with Gasteiger partial charge in [-0.05, 0) is 30.3 Å². The van der Waals surface area contributed by atoms with E-state index in [-0.39, 0.29) is 12.5 Å². The van der Waals surface area contributed by atoms with Crippen LogP contribution in [0, 0.1) is 0 Å². The standard InChI is InChI=1S/C15H13BrClNO3S/c1-18(7-12-3-5-14(17)22-12)15(20)9-21-13-4-2-11(16)6-10(13)8-19/h2-6,8H,7,9H2,1H3. The minimum absolute atomic E-state index is 0.127. The van der Waals surface area contributed by atoms with Gasteiger partial charge in [-0.1, -0.05) is 27.5 Å². The molecule has 0 spiro atoms. The number of amides is 1. The maximum Gasteiger partial charge on any atom is 0.260 e. The van der Waals surface area contributed by atoms with Crippen molar-refractivity contribution in [2.45, 2.75) is 6.54 Å². The maximum atomic E-state index is 12.1. The second kappa shape index (κ2) is 7.76. The van der Waals surface area contributed by atoms with E-state index in [9.17, 15) is 9.59 Å². The van der Waals surface area contributed by atoms with Crippen molar-refractivity contribution in [2.75, 3.05) is 13.7 Å². The third-order valence-electron chi connectivity index (χ3n) is 2.90. The quantitative estimate of drug-likeness (QED) is 0.686. The summed E-state index contributed by atoms with van der Waals surface area (Å²) in [5.41, 5.74) is 0.398. The third kappa shape index (κ3) is 4.56. The molecule has 0 bridgehead atoms. The molecule has 0 radical (unpaired) electrons. The lowest BCUT2D eigenvalue weighted by Gasteiger charge is -2.17. The van der Waals surface area contributed by atoms with Crippen LogP contribution in [-0.2, 0) is 11.3 Å². The van der Waals surface area contributed by atoms with E-state index in [0.29, 0.717) is 28.5 Å². The van der Waals surface area contributed by atoms with Gasteiger partial charge < -0.3 is 9.64 Å². The van der Waals surface area contributed by atoms with Crippen LogP contribution < -0.4 is 4.74 Å². The number of likely N-dealkylation sites (N-methyl/N-ethyl adjacent to an activating group) is 1. The number of carbonyl (C=O) groups is 2. The van der Waals surface area contributed by atoms with Crippen molar-refractivity contribution in [1.82, 2.24) is 4.90 Å². The van der Waals surface area contributed by atoms with Crippen molar-refractivity contribution >= 4 is 51.1 Å². The molecule has 116 valence electrons. The Morgan fingerprint density at radius 1 is 1.41 bits per heavy atom. The van der Waals surface area contributed by atoms with E-state index in [1.807, 2.05) is 6.07 Å². The monoisotopic (exact) mass is 401 g/mol. The SMILES string of the molecule is CN(Cc1ccc(Cl)s1)C(=O)COc1ccc(Br)cc1C=O. The average molecular weight is 403 g/mol.